The molecule has 1 saturated heterocycles. The zero-order valence-electron chi connectivity index (χ0n) is 17.1. The standard InChI is InChI=1S/C20H34FN5O2/c1-22-20(23-8-3-15-28-17-16-27-2)24-9-10-25-11-13-26(14-12-25)19-6-4-18(21)5-7-19/h4-7H,3,8-17H2,1-2H3,(H2,22,23,24). The monoisotopic (exact) mass is 395 g/mol. The van der Waals surface area contributed by atoms with Crippen LogP contribution in [0.25, 0.3) is 0 Å². The number of anilines is 1. The van der Waals surface area contributed by atoms with E-state index in [1.54, 1.807) is 14.2 Å². The molecule has 2 N–H and O–H groups in total. The second-order valence-corrected chi connectivity index (χ2v) is 6.69. The van der Waals surface area contributed by atoms with Crippen LogP contribution < -0.4 is 15.5 Å². The summed E-state index contributed by atoms with van der Waals surface area (Å²) in [5.74, 6) is 0.635. The van der Waals surface area contributed by atoms with Crippen molar-refractivity contribution in [1.29, 1.82) is 0 Å². The molecule has 0 amide bonds. The Morgan fingerprint density at radius 1 is 1.04 bits per heavy atom. The van der Waals surface area contributed by atoms with Crippen LogP contribution >= 0.6 is 0 Å². The van der Waals surface area contributed by atoms with Crippen molar-refractivity contribution in [2.75, 3.05) is 84.7 Å². The quantitative estimate of drug-likeness (QED) is 0.333. The number of ether oxygens (including phenoxy) is 2. The molecule has 1 heterocycles. The van der Waals surface area contributed by atoms with E-state index in [0.29, 0.717) is 19.8 Å². The molecular formula is C20H34FN5O2. The third kappa shape index (κ3) is 8.41. The second-order valence-electron chi connectivity index (χ2n) is 6.69. The Labute approximate surface area is 167 Å². The third-order valence-corrected chi connectivity index (χ3v) is 4.70. The van der Waals surface area contributed by atoms with Gasteiger partial charge in [0, 0.05) is 72.3 Å². The maximum Gasteiger partial charge on any atom is 0.191 e. The Balaban J connectivity index is 1.54. The molecule has 1 aliphatic rings. The molecule has 2 rings (SSSR count). The maximum atomic E-state index is 13.1. The van der Waals surface area contributed by atoms with Gasteiger partial charge in [0.15, 0.2) is 5.96 Å². The molecule has 1 aliphatic heterocycles. The van der Waals surface area contributed by atoms with E-state index in [-0.39, 0.29) is 5.82 Å². The van der Waals surface area contributed by atoms with Crippen LogP contribution in [0, 0.1) is 5.82 Å². The number of benzene rings is 1. The van der Waals surface area contributed by atoms with Gasteiger partial charge in [0.1, 0.15) is 5.82 Å². The highest BCUT2D eigenvalue weighted by atomic mass is 19.1. The first-order valence-corrected chi connectivity index (χ1v) is 9.97. The maximum absolute atomic E-state index is 13.1. The number of nitrogens with one attached hydrogen (secondary N) is 2. The van der Waals surface area contributed by atoms with Crippen molar-refractivity contribution in [3.8, 4) is 0 Å². The van der Waals surface area contributed by atoms with E-state index in [1.807, 2.05) is 12.1 Å². The van der Waals surface area contributed by atoms with Gasteiger partial charge in [0.05, 0.1) is 13.2 Å². The predicted molar refractivity (Wildman–Crippen MR) is 112 cm³/mol. The molecule has 1 aromatic rings. The fourth-order valence-corrected chi connectivity index (χ4v) is 3.06. The van der Waals surface area contributed by atoms with Gasteiger partial charge < -0.3 is 25.0 Å². The van der Waals surface area contributed by atoms with Crippen molar-refractivity contribution in [1.82, 2.24) is 15.5 Å². The number of hydrogen-bond donors (Lipinski definition) is 2. The van der Waals surface area contributed by atoms with Gasteiger partial charge in [-0.25, -0.2) is 4.39 Å². The normalized spacial score (nSPS) is 15.7. The van der Waals surface area contributed by atoms with Crippen LogP contribution in [-0.2, 0) is 9.47 Å². The van der Waals surface area contributed by atoms with Gasteiger partial charge in [0.25, 0.3) is 0 Å². The number of nitrogens with zero attached hydrogens (tertiary/aromatic N) is 3. The number of methoxy groups -OCH3 is 1. The Hall–Kier alpha value is -1.90. The Bertz CT molecular complexity index is 562. The van der Waals surface area contributed by atoms with E-state index < -0.39 is 0 Å². The summed E-state index contributed by atoms with van der Waals surface area (Å²) in [6.45, 7) is 8.55. The molecule has 1 fully saturated rings. The molecule has 0 bridgehead atoms. The van der Waals surface area contributed by atoms with Crippen molar-refractivity contribution >= 4 is 11.6 Å². The number of hydrogen-bond acceptors (Lipinski definition) is 5. The summed E-state index contributed by atoms with van der Waals surface area (Å²) < 4.78 is 23.4. The van der Waals surface area contributed by atoms with E-state index in [0.717, 1.165) is 63.9 Å². The Morgan fingerprint density at radius 3 is 2.43 bits per heavy atom. The average molecular weight is 396 g/mol. The number of aliphatic imine (C=N–C) groups is 1. The molecular weight excluding hydrogens is 361 g/mol. The minimum atomic E-state index is -0.186. The first-order chi connectivity index (χ1) is 13.7. The van der Waals surface area contributed by atoms with E-state index in [1.165, 1.54) is 12.1 Å². The number of guanidine groups is 1. The highest BCUT2D eigenvalue weighted by Crippen LogP contribution is 2.16. The van der Waals surface area contributed by atoms with Gasteiger partial charge in [-0.15, -0.1) is 0 Å². The molecule has 0 radical (unpaired) electrons. The number of halogens is 1. The van der Waals surface area contributed by atoms with Crippen LogP contribution in [0.4, 0.5) is 10.1 Å². The second kappa shape index (κ2) is 13.3. The molecule has 0 spiro atoms. The van der Waals surface area contributed by atoms with E-state index in [2.05, 4.69) is 25.4 Å². The van der Waals surface area contributed by atoms with Crippen LogP contribution in [0.5, 0.6) is 0 Å². The first-order valence-electron chi connectivity index (χ1n) is 9.97. The van der Waals surface area contributed by atoms with Crippen molar-refractivity contribution in [2.24, 2.45) is 4.99 Å². The van der Waals surface area contributed by atoms with Crippen LogP contribution in [0.2, 0.25) is 0 Å². The Kier molecular flexibility index (Phi) is 10.6. The van der Waals surface area contributed by atoms with Crippen LogP contribution in [0.15, 0.2) is 29.3 Å². The van der Waals surface area contributed by atoms with Crippen LogP contribution in [0.1, 0.15) is 6.42 Å². The van der Waals surface area contributed by atoms with Gasteiger partial charge in [-0.2, -0.15) is 0 Å². The summed E-state index contributed by atoms with van der Waals surface area (Å²) in [4.78, 5) is 8.99. The van der Waals surface area contributed by atoms with Crippen molar-refractivity contribution in [3.05, 3.63) is 30.1 Å². The molecule has 0 unspecified atom stereocenters. The Morgan fingerprint density at radius 2 is 1.75 bits per heavy atom. The average Bonchev–Trinajstić information content (AvgIpc) is 2.73. The SMILES string of the molecule is CN=C(NCCCOCCOC)NCCN1CCN(c2ccc(F)cc2)CC1. The third-order valence-electron chi connectivity index (χ3n) is 4.70. The smallest absolute Gasteiger partial charge is 0.191 e. The number of rotatable bonds is 11. The zero-order chi connectivity index (χ0) is 20.0. The van der Waals surface area contributed by atoms with Gasteiger partial charge in [-0.3, -0.25) is 9.89 Å². The predicted octanol–water partition coefficient (Wildman–Crippen LogP) is 1.17. The molecule has 8 heteroatoms. The summed E-state index contributed by atoms with van der Waals surface area (Å²) in [5.41, 5.74) is 1.09. The lowest BCUT2D eigenvalue weighted by Crippen LogP contribution is -2.49. The molecule has 0 atom stereocenters. The van der Waals surface area contributed by atoms with Gasteiger partial charge in [-0.1, -0.05) is 0 Å². The molecule has 7 nitrogen and oxygen atoms in total. The fraction of sp³-hybridized carbons (Fsp3) is 0.650. The molecule has 158 valence electrons. The highest BCUT2D eigenvalue weighted by molar-refractivity contribution is 5.79. The summed E-state index contributed by atoms with van der Waals surface area (Å²) in [6.07, 6.45) is 0.926. The van der Waals surface area contributed by atoms with Gasteiger partial charge >= 0.3 is 0 Å². The highest BCUT2D eigenvalue weighted by Gasteiger charge is 2.16. The lowest BCUT2D eigenvalue weighted by atomic mass is 10.2. The van der Waals surface area contributed by atoms with Gasteiger partial charge in [0.2, 0.25) is 0 Å². The fourth-order valence-electron chi connectivity index (χ4n) is 3.06. The lowest BCUT2D eigenvalue weighted by Gasteiger charge is -2.36. The van der Waals surface area contributed by atoms with Crippen LogP contribution in [0.3, 0.4) is 0 Å². The molecule has 1 aromatic carbocycles. The largest absolute Gasteiger partial charge is 0.382 e. The first kappa shape index (κ1) is 22.4. The number of piperazine rings is 1. The van der Waals surface area contributed by atoms with Crippen molar-refractivity contribution in [3.63, 3.8) is 0 Å². The summed E-state index contributed by atoms with van der Waals surface area (Å²) in [5, 5.41) is 6.66. The minimum Gasteiger partial charge on any atom is -0.382 e. The van der Waals surface area contributed by atoms with Crippen molar-refractivity contribution in [2.45, 2.75) is 6.42 Å². The molecule has 0 aliphatic carbocycles. The topological polar surface area (TPSA) is 61.4 Å². The van der Waals surface area contributed by atoms with Crippen molar-refractivity contribution < 1.29 is 13.9 Å². The summed E-state index contributed by atoms with van der Waals surface area (Å²) in [6, 6.07) is 6.75. The molecule has 0 aromatic heterocycles. The molecule has 28 heavy (non-hydrogen) atoms. The van der Waals surface area contributed by atoms with E-state index in [9.17, 15) is 4.39 Å². The van der Waals surface area contributed by atoms with E-state index >= 15 is 0 Å². The zero-order valence-corrected chi connectivity index (χ0v) is 17.1. The van der Waals surface area contributed by atoms with Gasteiger partial charge in [-0.05, 0) is 30.7 Å². The molecule has 0 saturated carbocycles. The summed E-state index contributed by atoms with van der Waals surface area (Å²) in [7, 11) is 3.46. The van der Waals surface area contributed by atoms with E-state index in [4.69, 9.17) is 9.47 Å². The summed E-state index contributed by atoms with van der Waals surface area (Å²) >= 11 is 0. The van der Waals surface area contributed by atoms with Crippen LogP contribution in [-0.4, -0.2) is 90.7 Å². The lowest BCUT2D eigenvalue weighted by molar-refractivity contribution is 0.0698. The minimum absolute atomic E-state index is 0.186.